The predicted molar refractivity (Wildman–Crippen MR) is 105 cm³/mol. The lowest BCUT2D eigenvalue weighted by Gasteiger charge is -2.12. The molecule has 3 aromatic carbocycles. The summed E-state index contributed by atoms with van der Waals surface area (Å²) < 4.78 is 14.4. The van der Waals surface area contributed by atoms with Crippen LogP contribution in [0.3, 0.4) is 0 Å². The molecule has 0 aliphatic heterocycles. The molecule has 0 saturated carbocycles. The van der Waals surface area contributed by atoms with Gasteiger partial charge in [0.05, 0.1) is 0 Å². The van der Waals surface area contributed by atoms with Crippen LogP contribution >= 0.6 is 11.6 Å². The standard InChI is InChI=1S/C23H20ClF/c1-17(20-5-3-2-4-6-20)15-19-8-12-21(23(25)16-19)11-7-18-9-13-22(24)14-10-18/h2-14,16-17H,15H2,1H3/t17-/m1/s1. The van der Waals surface area contributed by atoms with Crippen molar-refractivity contribution in [1.82, 2.24) is 0 Å². The summed E-state index contributed by atoms with van der Waals surface area (Å²) in [5, 5.41) is 0.695. The first-order chi connectivity index (χ1) is 12.1. The minimum absolute atomic E-state index is 0.192. The maximum atomic E-state index is 14.4. The summed E-state index contributed by atoms with van der Waals surface area (Å²) in [4.78, 5) is 0. The van der Waals surface area contributed by atoms with E-state index in [1.54, 1.807) is 12.1 Å². The van der Waals surface area contributed by atoms with Gasteiger partial charge in [-0.1, -0.05) is 85.3 Å². The van der Waals surface area contributed by atoms with Gasteiger partial charge < -0.3 is 0 Å². The Morgan fingerprint density at radius 1 is 0.920 bits per heavy atom. The third-order valence-corrected chi connectivity index (χ3v) is 4.55. The second-order valence-electron chi connectivity index (χ2n) is 6.26. The maximum Gasteiger partial charge on any atom is 0.130 e. The summed E-state index contributed by atoms with van der Waals surface area (Å²) in [6, 6.07) is 23.3. The molecular formula is C23H20ClF. The molecule has 0 N–H and O–H groups in total. The van der Waals surface area contributed by atoms with E-state index in [0.717, 1.165) is 17.5 Å². The first kappa shape index (κ1) is 17.4. The number of hydrogen-bond acceptors (Lipinski definition) is 0. The van der Waals surface area contributed by atoms with Gasteiger partial charge in [0.2, 0.25) is 0 Å². The molecule has 0 unspecified atom stereocenters. The number of benzene rings is 3. The summed E-state index contributed by atoms with van der Waals surface area (Å²) in [6.45, 7) is 2.17. The average Bonchev–Trinajstić information content (AvgIpc) is 2.63. The Morgan fingerprint density at radius 3 is 2.32 bits per heavy atom. The summed E-state index contributed by atoms with van der Waals surface area (Å²) in [5.74, 6) is 0.166. The van der Waals surface area contributed by atoms with Gasteiger partial charge in [-0.15, -0.1) is 0 Å². The van der Waals surface area contributed by atoms with Crippen LogP contribution in [-0.4, -0.2) is 0 Å². The second-order valence-corrected chi connectivity index (χ2v) is 6.69. The largest absolute Gasteiger partial charge is 0.206 e. The summed E-state index contributed by atoms with van der Waals surface area (Å²) >= 11 is 5.87. The maximum absolute atomic E-state index is 14.4. The van der Waals surface area contributed by atoms with E-state index in [1.165, 1.54) is 5.56 Å². The Kier molecular flexibility index (Phi) is 5.67. The van der Waals surface area contributed by atoms with Gasteiger partial charge >= 0.3 is 0 Å². The van der Waals surface area contributed by atoms with Crippen LogP contribution in [0.4, 0.5) is 4.39 Å². The van der Waals surface area contributed by atoms with Crippen molar-refractivity contribution in [2.24, 2.45) is 0 Å². The molecule has 0 radical (unpaired) electrons. The van der Waals surface area contributed by atoms with Crippen LogP contribution < -0.4 is 0 Å². The molecule has 2 heteroatoms. The molecule has 126 valence electrons. The van der Waals surface area contributed by atoms with Crippen molar-refractivity contribution >= 4 is 23.8 Å². The highest BCUT2D eigenvalue weighted by atomic mass is 35.5. The van der Waals surface area contributed by atoms with Crippen LogP contribution in [0, 0.1) is 5.82 Å². The smallest absolute Gasteiger partial charge is 0.130 e. The topological polar surface area (TPSA) is 0 Å². The Bertz CT molecular complexity index is 851. The van der Waals surface area contributed by atoms with E-state index in [1.807, 2.05) is 60.7 Å². The molecule has 0 amide bonds. The van der Waals surface area contributed by atoms with E-state index in [2.05, 4.69) is 19.1 Å². The molecular weight excluding hydrogens is 331 g/mol. The van der Waals surface area contributed by atoms with Gasteiger partial charge in [0, 0.05) is 10.6 Å². The van der Waals surface area contributed by atoms with Crippen molar-refractivity contribution in [2.45, 2.75) is 19.3 Å². The molecule has 25 heavy (non-hydrogen) atoms. The molecule has 0 aromatic heterocycles. The van der Waals surface area contributed by atoms with Crippen LogP contribution in [0.25, 0.3) is 12.2 Å². The van der Waals surface area contributed by atoms with Gasteiger partial charge in [-0.05, 0) is 47.2 Å². The van der Waals surface area contributed by atoms with E-state index in [4.69, 9.17) is 11.6 Å². The van der Waals surface area contributed by atoms with Crippen molar-refractivity contribution in [3.8, 4) is 0 Å². The fourth-order valence-electron chi connectivity index (χ4n) is 2.85. The molecule has 1 atom stereocenters. The van der Waals surface area contributed by atoms with Gasteiger partial charge in [0.15, 0.2) is 0 Å². The molecule has 3 aromatic rings. The molecule has 0 bridgehead atoms. The normalized spacial score (nSPS) is 12.4. The van der Waals surface area contributed by atoms with Gasteiger partial charge in [0.25, 0.3) is 0 Å². The first-order valence-corrected chi connectivity index (χ1v) is 8.76. The Labute approximate surface area is 153 Å². The zero-order valence-corrected chi connectivity index (χ0v) is 14.9. The van der Waals surface area contributed by atoms with Crippen LogP contribution in [0.1, 0.15) is 35.1 Å². The van der Waals surface area contributed by atoms with E-state index >= 15 is 0 Å². The first-order valence-electron chi connectivity index (χ1n) is 8.39. The molecule has 0 aliphatic rings. The van der Waals surface area contributed by atoms with Crippen molar-refractivity contribution in [2.75, 3.05) is 0 Å². The predicted octanol–water partition coefficient (Wildman–Crippen LogP) is 7.00. The van der Waals surface area contributed by atoms with Gasteiger partial charge in [-0.2, -0.15) is 0 Å². The van der Waals surface area contributed by atoms with Gasteiger partial charge in [-0.3, -0.25) is 0 Å². The minimum atomic E-state index is -0.192. The van der Waals surface area contributed by atoms with Crippen LogP contribution in [0.5, 0.6) is 0 Å². The van der Waals surface area contributed by atoms with Crippen LogP contribution in [-0.2, 0) is 6.42 Å². The third-order valence-electron chi connectivity index (χ3n) is 4.30. The van der Waals surface area contributed by atoms with Gasteiger partial charge in [-0.25, -0.2) is 4.39 Å². The number of rotatable bonds is 5. The third kappa shape index (κ3) is 4.80. The zero-order chi connectivity index (χ0) is 17.6. The monoisotopic (exact) mass is 350 g/mol. The van der Waals surface area contributed by atoms with Crippen LogP contribution in [0.15, 0.2) is 72.8 Å². The van der Waals surface area contributed by atoms with E-state index in [-0.39, 0.29) is 5.82 Å². The van der Waals surface area contributed by atoms with E-state index in [9.17, 15) is 4.39 Å². The molecule has 0 nitrogen and oxygen atoms in total. The summed E-state index contributed by atoms with van der Waals surface area (Å²) in [7, 11) is 0. The van der Waals surface area contributed by atoms with E-state index in [0.29, 0.717) is 16.5 Å². The SMILES string of the molecule is C[C@H](Cc1ccc(C=Cc2ccc(Cl)cc2)c(F)c1)c1ccccc1. The highest BCUT2D eigenvalue weighted by Crippen LogP contribution is 2.22. The summed E-state index contributed by atoms with van der Waals surface area (Å²) in [5.41, 5.74) is 3.86. The lowest BCUT2D eigenvalue weighted by atomic mass is 9.93. The zero-order valence-electron chi connectivity index (χ0n) is 14.1. The Hall–Kier alpha value is -2.38. The Balaban J connectivity index is 1.71. The van der Waals surface area contributed by atoms with E-state index < -0.39 is 0 Å². The lowest BCUT2D eigenvalue weighted by molar-refractivity contribution is 0.620. The van der Waals surface area contributed by atoms with Crippen LogP contribution in [0.2, 0.25) is 5.02 Å². The van der Waals surface area contributed by atoms with Gasteiger partial charge in [0.1, 0.15) is 5.82 Å². The number of hydrogen-bond donors (Lipinski definition) is 0. The molecule has 0 aliphatic carbocycles. The average molecular weight is 351 g/mol. The molecule has 0 fully saturated rings. The van der Waals surface area contributed by atoms with Crippen molar-refractivity contribution in [3.63, 3.8) is 0 Å². The fraction of sp³-hybridized carbons (Fsp3) is 0.130. The lowest BCUT2D eigenvalue weighted by Crippen LogP contribution is -1.99. The quantitative estimate of drug-likeness (QED) is 0.435. The van der Waals surface area contributed by atoms with Crippen molar-refractivity contribution in [3.05, 3.63) is 106 Å². The molecule has 0 heterocycles. The molecule has 0 spiro atoms. The second kappa shape index (κ2) is 8.13. The summed E-state index contributed by atoms with van der Waals surface area (Å²) in [6.07, 6.45) is 4.51. The molecule has 0 saturated heterocycles. The fourth-order valence-corrected chi connectivity index (χ4v) is 2.97. The Morgan fingerprint density at radius 2 is 1.64 bits per heavy atom. The minimum Gasteiger partial charge on any atom is -0.206 e. The number of halogens is 2. The van der Waals surface area contributed by atoms with Crippen molar-refractivity contribution in [1.29, 1.82) is 0 Å². The molecule has 3 rings (SSSR count). The highest BCUT2D eigenvalue weighted by Gasteiger charge is 2.08. The highest BCUT2D eigenvalue weighted by molar-refractivity contribution is 6.30. The van der Waals surface area contributed by atoms with Crippen molar-refractivity contribution < 1.29 is 4.39 Å².